The summed E-state index contributed by atoms with van der Waals surface area (Å²) in [5, 5.41) is 11.6. The number of nitrogens with zero attached hydrogens (tertiary/aromatic N) is 1. The van der Waals surface area contributed by atoms with Crippen molar-refractivity contribution in [2.75, 3.05) is 0 Å². The van der Waals surface area contributed by atoms with Gasteiger partial charge in [-0.15, -0.1) is 0 Å². The Balaban J connectivity index is 1.84. The molecule has 0 saturated heterocycles. The van der Waals surface area contributed by atoms with E-state index >= 15 is 0 Å². The third kappa shape index (κ3) is 5.54. The second-order valence-corrected chi connectivity index (χ2v) is 18.7. The van der Waals surface area contributed by atoms with Gasteiger partial charge in [0.25, 0.3) is 0 Å². The van der Waals surface area contributed by atoms with Crippen molar-refractivity contribution in [1.82, 2.24) is 4.98 Å². The summed E-state index contributed by atoms with van der Waals surface area (Å²) in [6.07, 6.45) is -0.0836. The maximum Gasteiger partial charge on any atom is 0.416 e. The van der Waals surface area contributed by atoms with Crippen molar-refractivity contribution >= 4 is 30.9 Å². The van der Waals surface area contributed by atoms with Crippen LogP contribution in [0.15, 0.2) is 24.3 Å². The van der Waals surface area contributed by atoms with Crippen molar-refractivity contribution in [3.05, 3.63) is 61.5 Å². The fraction of sp³-hybridized carbons (Fsp3) is 0.621. The maximum absolute atomic E-state index is 13.1. The molecule has 1 aromatic carbocycles. The van der Waals surface area contributed by atoms with Gasteiger partial charge in [0.15, 0.2) is 8.32 Å². The van der Waals surface area contributed by atoms with Crippen molar-refractivity contribution in [3.63, 3.8) is 0 Å². The van der Waals surface area contributed by atoms with Gasteiger partial charge in [0.2, 0.25) is 0 Å². The standard InChI is InChI=1S/C29H39F3INO2Si/c1-17(2)25-23(26(35)18-9-11-19(12-10-18)29(30,31)32)24(33)22-20(34-25)15-28(13-8-14-28)16-21(22)36-37(6,7)27(3,4)5/h9-12,17,21,26,35H,8,13-16H2,1-7H3/t21-,26+/m0/s1. The Labute approximate surface area is 233 Å². The topological polar surface area (TPSA) is 42.4 Å². The van der Waals surface area contributed by atoms with Crippen LogP contribution >= 0.6 is 22.6 Å². The van der Waals surface area contributed by atoms with Crippen LogP contribution < -0.4 is 0 Å². The molecule has 0 bridgehead atoms. The van der Waals surface area contributed by atoms with Crippen LogP contribution in [-0.2, 0) is 17.0 Å². The molecule has 0 unspecified atom stereocenters. The zero-order chi connectivity index (χ0) is 27.6. The SMILES string of the molecule is CC(C)c1nc2c(c(I)c1[C@H](O)c1ccc(C(F)(F)F)cc1)[C@@H](O[Si](C)(C)C(C)(C)C)CC1(CCC1)C2. The molecular weight excluding hydrogens is 606 g/mol. The number of pyridine rings is 1. The lowest BCUT2D eigenvalue weighted by molar-refractivity contribution is -0.137. The fourth-order valence-corrected chi connectivity index (χ4v) is 7.94. The van der Waals surface area contributed by atoms with Crippen molar-refractivity contribution in [2.45, 2.75) is 109 Å². The molecule has 1 fully saturated rings. The van der Waals surface area contributed by atoms with Crippen LogP contribution in [0, 0.1) is 8.99 Å². The minimum atomic E-state index is -4.42. The number of hydrogen-bond donors (Lipinski definition) is 1. The number of fused-ring (bicyclic) bond motifs is 1. The van der Waals surface area contributed by atoms with Gasteiger partial charge >= 0.3 is 6.18 Å². The highest BCUT2D eigenvalue weighted by atomic mass is 127. The molecule has 2 aliphatic carbocycles. The van der Waals surface area contributed by atoms with E-state index in [4.69, 9.17) is 9.41 Å². The first-order valence-electron chi connectivity index (χ1n) is 13.2. The normalized spacial score (nSPS) is 20.6. The molecule has 1 heterocycles. The van der Waals surface area contributed by atoms with Crippen LogP contribution in [0.2, 0.25) is 18.1 Å². The third-order valence-corrected chi connectivity index (χ3v) is 14.5. The van der Waals surface area contributed by atoms with Crippen molar-refractivity contribution < 1.29 is 22.7 Å². The molecule has 2 atom stereocenters. The molecule has 1 saturated carbocycles. The Kier molecular flexibility index (Phi) is 7.76. The highest BCUT2D eigenvalue weighted by Gasteiger charge is 2.49. The van der Waals surface area contributed by atoms with E-state index in [1.165, 1.54) is 31.4 Å². The lowest BCUT2D eigenvalue weighted by atomic mass is 9.59. The number of benzene rings is 1. The summed E-state index contributed by atoms with van der Waals surface area (Å²) >= 11 is 2.33. The average molecular weight is 646 g/mol. The van der Waals surface area contributed by atoms with Gasteiger partial charge in [-0.3, -0.25) is 4.98 Å². The highest BCUT2D eigenvalue weighted by molar-refractivity contribution is 14.1. The number of aromatic nitrogens is 1. The van der Waals surface area contributed by atoms with Gasteiger partial charge in [0.05, 0.1) is 17.4 Å². The van der Waals surface area contributed by atoms with Gasteiger partial charge in [-0.25, -0.2) is 0 Å². The minimum Gasteiger partial charge on any atom is -0.410 e. The molecule has 1 N–H and O–H groups in total. The van der Waals surface area contributed by atoms with E-state index in [-0.39, 0.29) is 22.5 Å². The fourth-order valence-electron chi connectivity index (χ4n) is 5.45. The quantitative estimate of drug-likeness (QED) is 0.261. The van der Waals surface area contributed by atoms with Crippen molar-refractivity contribution in [1.29, 1.82) is 0 Å². The van der Waals surface area contributed by atoms with E-state index in [0.29, 0.717) is 11.1 Å². The van der Waals surface area contributed by atoms with Gasteiger partial charge < -0.3 is 9.53 Å². The molecule has 2 aromatic rings. The lowest BCUT2D eigenvalue weighted by Crippen LogP contribution is -2.46. The molecule has 0 radical (unpaired) electrons. The molecule has 8 heteroatoms. The Bertz CT molecular complexity index is 1150. The molecule has 0 aliphatic heterocycles. The molecule has 204 valence electrons. The number of hydrogen-bond acceptors (Lipinski definition) is 3. The highest BCUT2D eigenvalue weighted by Crippen LogP contribution is 2.57. The smallest absolute Gasteiger partial charge is 0.410 e. The number of aliphatic hydroxyl groups is 1. The minimum absolute atomic E-state index is 0.0523. The monoisotopic (exact) mass is 645 g/mol. The molecule has 4 rings (SSSR count). The van der Waals surface area contributed by atoms with Crippen LogP contribution in [0.4, 0.5) is 13.2 Å². The Hall–Kier alpha value is -0.973. The van der Waals surface area contributed by atoms with E-state index in [1.807, 2.05) is 0 Å². The summed E-state index contributed by atoms with van der Waals surface area (Å²) in [6.45, 7) is 15.4. The first-order valence-corrected chi connectivity index (χ1v) is 17.2. The first-order chi connectivity index (χ1) is 17.0. The van der Waals surface area contributed by atoms with Gasteiger partial charge in [0, 0.05) is 20.4 Å². The molecule has 1 aromatic heterocycles. The summed E-state index contributed by atoms with van der Waals surface area (Å²) < 4.78 is 47.4. The number of alkyl halides is 3. The second kappa shape index (κ2) is 9.89. The predicted octanol–water partition coefficient (Wildman–Crippen LogP) is 9.09. The molecule has 0 amide bonds. The Morgan fingerprint density at radius 1 is 1.11 bits per heavy atom. The van der Waals surface area contributed by atoms with Crippen LogP contribution in [0.3, 0.4) is 0 Å². The summed E-state index contributed by atoms with van der Waals surface area (Å²) in [5.41, 5.74) is 3.61. The van der Waals surface area contributed by atoms with Crippen molar-refractivity contribution in [2.24, 2.45) is 5.41 Å². The number of halogens is 4. The van der Waals surface area contributed by atoms with Crippen LogP contribution in [0.1, 0.15) is 112 Å². The third-order valence-electron chi connectivity index (χ3n) is 8.83. The van der Waals surface area contributed by atoms with Crippen molar-refractivity contribution in [3.8, 4) is 0 Å². The van der Waals surface area contributed by atoms with Gasteiger partial charge in [0.1, 0.15) is 6.10 Å². The average Bonchev–Trinajstić information content (AvgIpc) is 2.75. The lowest BCUT2D eigenvalue weighted by Gasteiger charge is -2.50. The van der Waals surface area contributed by atoms with Crippen LogP contribution in [-0.4, -0.2) is 18.4 Å². The van der Waals surface area contributed by atoms with E-state index in [0.717, 1.165) is 45.5 Å². The summed E-state index contributed by atoms with van der Waals surface area (Å²) in [5.74, 6) is 0.0527. The van der Waals surface area contributed by atoms with Crippen LogP contribution in [0.5, 0.6) is 0 Å². The molecule has 1 spiro atoms. The molecule has 3 nitrogen and oxygen atoms in total. The summed E-state index contributed by atoms with van der Waals surface area (Å²) in [6, 6.07) is 4.83. The summed E-state index contributed by atoms with van der Waals surface area (Å²) in [4.78, 5) is 5.19. The Morgan fingerprint density at radius 2 is 1.70 bits per heavy atom. The molecular formula is C29H39F3INO2Si. The summed E-state index contributed by atoms with van der Waals surface area (Å²) in [7, 11) is -2.10. The number of aliphatic hydroxyl groups excluding tert-OH is 1. The van der Waals surface area contributed by atoms with Gasteiger partial charge in [-0.1, -0.05) is 53.2 Å². The van der Waals surface area contributed by atoms with E-state index in [1.54, 1.807) is 0 Å². The van der Waals surface area contributed by atoms with Crippen LogP contribution in [0.25, 0.3) is 0 Å². The van der Waals surface area contributed by atoms with E-state index in [2.05, 4.69) is 70.3 Å². The second-order valence-electron chi connectivity index (χ2n) is 12.9. The molecule has 2 aliphatic rings. The number of rotatable bonds is 5. The predicted molar refractivity (Wildman–Crippen MR) is 152 cm³/mol. The van der Waals surface area contributed by atoms with Gasteiger partial charge in [-0.2, -0.15) is 13.2 Å². The largest absolute Gasteiger partial charge is 0.416 e. The molecule has 37 heavy (non-hydrogen) atoms. The van der Waals surface area contributed by atoms with Gasteiger partial charge in [-0.05, 0) is 95.4 Å². The van der Waals surface area contributed by atoms with E-state index < -0.39 is 26.2 Å². The Morgan fingerprint density at radius 3 is 2.16 bits per heavy atom. The zero-order valence-corrected chi connectivity index (χ0v) is 26.0. The van der Waals surface area contributed by atoms with E-state index in [9.17, 15) is 18.3 Å². The first kappa shape index (κ1) is 29.0. The zero-order valence-electron chi connectivity index (χ0n) is 22.9. The maximum atomic E-state index is 13.1.